The molecule has 3 rings (SSSR count). The number of para-hydroxylation sites is 2. The van der Waals surface area contributed by atoms with Crippen molar-refractivity contribution >= 4 is 34.8 Å². The van der Waals surface area contributed by atoms with E-state index >= 15 is 0 Å². The zero-order valence-corrected chi connectivity index (χ0v) is 14.8. The zero-order valence-electron chi connectivity index (χ0n) is 14.1. The summed E-state index contributed by atoms with van der Waals surface area (Å²) in [7, 11) is 1.55. The third-order valence-corrected chi connectivity index (χ3v) is 4.56. The van der Waals surface area contributed by atoms with Crippen LogP contribution in [-0.4, -0.2) is 25.5 Å². The van der Waals surface area contributed by atoms with Crippen LogP contribution in [0.5, 0.6) is 5.75 Å². The van der Waals surface area contributed by atoms with Crippen LogP contribution >= 0.6 is 11.6 Å². The lowest BCUT2D eigenvalue weighted by molar-refractivity contribution is -0.122. The Kier molecular flexibility index (Phi) is 4.95. The third-order valence-electron chi connectivity index (χ3n) is 4.32. The summed E-state index contributed by atoms with van der Waals surface area (Å²) in [5.74, 6) is -0.107. The van der Waals surface area contributed by atoms with Crippen LogP contribution in [0.4, 0.5) is 11.4 Å². The first-order chi connectivity index (χ1) is 12.0. The Morgan fingerprint density at radius 3 is 2.80 bits per heavy atom. The van der Waals surface area contributed by atoms with Gasteiger partial charge in [0.15, 0.2) is 0 Å². The van der Waals surface area contributed by atoms with Crippen molar-refractivity contribution in [3.8, 4) is 5.75 Å². The van der Waals surface area contributed by atoms with E-state index in [2.05, 4.69) is 5.32 Å². The summed E-state index contributed by atoms with van der Waals surface area (Å²) >= 11 is 6.05. The van der Waals surface area contributed by atoms with Gasteiger partial charge < -0.3 is 15.0 Å². The maximum absolute atomic E-state index is 12.6. The molecule has 1 saturated heterocycles. The van der Waals surface area contributed by atoms with E-state index in [1.54, 1.807) is 36.3 Å². The third kappa shape index (κ3) is 3.61. The molecule has 1 heterocycles. The molecule has 1 aliphatic rings. The maximum Gasteiger partial charge on any atom is 0.229 e. The van der Waals surface area contributed by atoms with Crippen LogP contribution in [0.2, 0.25) is 5.02 Å². The Balaban J connectivity index is 1.76. The van der Waals surface area contributed by atoms with Gasteiger partial charge in [0, 0.05) is 23.7 Å². The van der Waals surface area contributed by atoms with Gasteiger partial charge in [-0.15, -0.1) is 0 Å². The smallest absolute Gasteiger partial charge is 0.229 e. The Hall–Kier alpha value is -2.53. The van der Waals surface area contributed by atoms with Crippen LogP contribution in [0.3, 0.4) is 0 Å². The molecule has 2 amide bonds. The van der Waals surface area contributed by atoms with E-state index in [9.17, 15) is 9.59 Å². The number of halogens is 1. The topological polar surface area (TPSA) is 58.6 Å². The average molecular weight is 359 g/mol. The normalized spacial score (nSPS) is 16.8. The minimum atomic E-state index is -0.421. The van der Waals surface area contributed by atoms with Crippen molar-refractivity contribution in [2.45, 2.75) is 13.3 Å². The summed E-state index contributed by atoms with van der Waals surface area (Å²) in [4.78, 5) is 26.6. The fourth-order valence-electron chi connectivity index (χ4n) is 2.97. The second-order valence-corrected chi connectivity index (χ2v) is 6.46. The number of methoxy groups -OCH3 is 1. The molecule has 1 unspecified atom stereocenters. The van der Waals surface area contributed by atoms with Crippen LogP contribution in [0.25, 0.3) is 0 Å². The zero-order chi connectivity index (χ0) is 18.0. The summed E-state index contributed by atoms with van der Waals surface area (Å²) in [6, 6.07) is 12.6. The van der Waals surface area contributed by atoms with E-state index < -0.39 is 5.92 Å². The molecular weight excluding hydrogens is 340 g/mol. The number of benzene rings is 2. The van der Waals surface area contributed by atoms with Gasteiger partial charge in [0.2, 0.25) is 11.8 Å². The molecule has 2 aromatic carbocycles. The predicted octanol–water partition coefficient (Wildman–Crippen LogP) is 3.65. The van der Waals surface area contributed by atoms with E-state index in [0.29, 0.717) is 23.0 Å². The molecule has 1 aliphatic heterocycles. The number of aryl methyl sites for hydroxylation is 1. The molecule has 2 aromatic rings. The molecule has 0 aromatic heterocycles. The largest absolute Gasteiger partial charge is 0.495 e. The van der Waals surface area contributed by atoms with Crippen LogP contribution in [0, 0.1) is 12.8 Å². The fourth-order valence-corrected chi connectivity index (χ4v) is 3.14. The Morgan fingerprint density at radius 1 is 1.28 bits per heavy atom. The number of anilines is 2. The second-order valence-electron chi connectivity index (χ2n) is 6.03. The van der Waals surface area contributed by atoms with Gasteiger partial charge in [-0.05, 0) is 36.8 Å². The van der Waals surface area contributed by atoms with Gasteiger partial charge in [0.25, 0.3) is 0 Å². The number of hydrogen-bond acceptors (Lipinski definition) is 3. The molecule has 25 heavy (non-hydrogen) atoms. The molecule has 6 heteroatoms. The quantitative estimate of drug-likeness (QED) is 0.907. The molecule has 0 bridgehead atoms. The molecule has 1 atom stereocenters. The first-order valence-electron chi connectivity index (χ1n) is 8.00. The minimum absolute atomic E-state index is 0.0782. The lowest BCUT2D eigenvalue weighted by Gasteiger charge is -2.19. The number of carbonyl (C=O) groups excluding carboxylic acids is 2. The lowest BCUT2D eigenvalue weighted by atomic mass is 10.1. The number of amides is 2. The molecule has 5 nitrogen and oxygen atoms in total. The number of hydrogen-bond donors (Lipinski definition) is 1. The Bertz CT molecular complexity index is 822. The first-order valence-corrected chi connectivity index (χ1v) is 8.38. The van der Waals surface area contributed by atoms with E-state index in [-0.39, 0.29) is 18.2 Å². The van der Waals surface area contributed by atoms with Crippen molar-refractivity contribution in [1.82, 2.24) is 0 Å². The van der Waals surface area contributed by atoms with Gasteiger partial charge in [0.05, 0.1) is 18.7 Å². The van der Waals surface area contributed by atoms with Gasteiger partial charge in [-0.25, -0.2) is 0 Å². The van der Waals surface area contributed by atoms with Gasteiger partial charge >= 0.3 is 0 Å². The van der Waals surface area contributed by atoms with E-state index in [0.717, 1.165) is 11.3 Å². The highest BCUT2D eigenvalue weighted by Gasteiger charge is 2.36. The van der Waals surface area contributed by atoms with E-state index in [4.69, 9.17) is 16.3 Å². The monoisotopic (exact) mass is 358 g/mol. The van der Waals surface area contributed by atoms with E-state index in [1.807, 2.05) is 25.1 Å². The molecule has 0 radical (unpaired) electrons. The van der Waals surface area contributed by atoms with Gasteiger partial charge in [-0.1, -0.05) is 29.8 Å². The summed E-state index contributed by atoms with van der Waals surface area (Å²) in [5.41, 5.74) is 2.30. The van der Waals surface area contributed by atoms with Crippen molar-refractivity contribution in [1.29, 1.82) is 0 Å². The van der Waals surface area contributed by atoms with Gasteiger partial charge in [0.1, 0.15) is 5.75 Å². The molecule has 130 valence electrons. The summed E-state index contributed by atoms with van der Waals surface area (Å²) in [5, 5.41) is 3.42. The molecule has 1 fully saturated rings. The van der Waals surface area contributed by atoms with Crippen molar-refractivity contribution < 1.29 is 14.3 Å². The van der Waals surface area contributed by atoms with E-state index in [1.165, 1.54) is 0 Å². The van der Waals surface area contributed by atoms with Crippen LogP contribution in [0.1, 0.15) is 12.0 Å². The predicted molar refractivity (Wildman–Crippen MR) is 98.3 cm³/mol. The SMILES string of the molecule is COc1ccccc1NC(=O)C1CC(=O)N(c2cc(Cl)ccc2C)C1. The molecular formula is C19H19ClN2O3. The minimum Gasteiger partial charge on any atom is -0.495 e. The summed E-state index contributed by atoms with van der Waals surface area (Å²) in [6.45, 7) is 2.25. The standard InChI is InChI=1S/C19H19ClN2O3/c1-12-7-8-14(20)10-16(12)22-11-13(9-18(22)23)19(24)21-15-5-3-4-6-17(15)25-2/h3-8,10,13H,9,11H2,1-2H3,(H,21,24). The number of nitrogens with zero attached hydrogens (tertiary/aromatic N) is 1. The van der Waals surface area contributed by atoms with Gasteiger partial charge in [-0.2, -0.15) is 0 Å². The average Bonchev–Trinajstić information content (AvgIpc) is 2.99. The molecule has 0 aliphatic carbocycles. The molecule has 0 saturated carbocycles. The highest BCUT2D eigenvalue weighted by Crippen LogP contribution is 2.31. The van der Waals surface area contributed by atoms with Crippen molar-refractivity contribution in [2.24, 2.45) is 5.92 Å². The Morgan fingerprint density at radius 2 is 2.04 bits per heavy atom. The van der Waals surface area contributed by atoms with Crippen molar-refractivity contribution in [3.63, 3.8) is 0 Å². The second kappa shape index (κ2) is 7.15. The number of ether oxygens (including phenoxy) is 1. The number of carbonyl (C=O) groups is 2. The lowest BCUT2D eigenvalue weighted by Crippen LogP contribution is -2.28. The summed E-state index contributed by atoms with van der Waals surface area (Å²) < 4.78 is 5.24. The highest BCUT2D eigenvalue weighted by atomic mass is 35.5. The van der Waals surface area contributed by atoms with Crippen LogP contribution in [0.15, 0.2) is 42.5 Å². The fraction of sp³-hybridized carbons (Fsp3) is 0.263. The number of rotatable bonds is 4. The van der Waals surface area contributed by atoms with Crippen molar-refractivity contribution in [3.05, 3.63) is 53.1 Å². The van der Waals surface area contributed by atoms with Crippen molar-refractivity contribution in [2.75, 3.05) is 23.9 Å². The molecule has 1 N–H and O–H groups in total. The highest BCUT2D eigenvalue weighted by molar-refractivity contribution is 6.31. The molecule has 0 spiro atoms. The number of nitrogens with one attached hydrogen (secondary N) is 1. The van der Waals surface area contributed by atoms with Crippen LogP contribution < -0.4 is 15.0 Å². The summed E-state index contributed by atoms with van der Waals surface area (Å²) in [6.07, 6.45) is 0.174. The Labute approximate surface area is 151 Å². The maximum atomic E-state index is 12.6. The van der Waals surface area contributed by atoms with Crippen LogP contribution in [-0.2, 0) is 9.59 Å². The van der Waals surface area contributed by atoms with Gasteiger partial charge in [-0.3, -0.25) is 9.59 Å². The first kappa shape index (κ1) is 17.3.